The molecule has 0 aromatic carbocycles. The van der Waals surface area contributed by atoms with E-state index in [1.54, 1.807) is 11.3 Å². The summed E-state index contributed by atoms with van der Waals surface area (Å²) < 4.78 is 3.21. The van der Waals surface area contributed by atoms with Gasteiger partial charge >= 0.3 is 0 Å². The Balaban J connectivity index is 1.11. The van der Waals surface area contributed by atoms with Crippen LogP contribution in [0.15, 0.2) is 16.1 Å². The maximum Gasteiger partial charge on any atom is 0.175 e. The summed E-state index contributed by atoms with van der Waals surface area (Å²) in [4.78, 5) is 19.4. The molecule has 5 aliphatic carbocycles. The minimum Gasteiger partial charge on any atom is -0.393 e. The molecule has 40 heavy (non-hydrogen) atoms. The third-order valence-corrected chi connectivity index (χ3v) is 14.0. The summed E-state index contributed by atoms with van der Waals surface area (Å²) in [5.41, 5.74) is 3.18. The van der Waals surface area contributed by atoms with Gasteiger partial charge in [-0.1, -0.05) is 43.5 Å². The van der Waals surface area contributed by atoms with Crippen molar-refractivity contribution in [2.45, 2.75) is 113 Å². The van der Waals surface area contributed by atoms with Crippen LogP contribution in [0, 0.1) is 42.9 Å². The Kier molecular flexibility index (Phi) is 6.88. The zero-order valence-electron chi connectivity index (χ0n) is 24.1. The molecule has 0 radical (unpaired) electrons. The standard InChI is InChI=1S/C32H43N3O3S2/c1-18-19(2)40-30(34-18)39-17-28(37)32(38)12-11-25-23-10-9-20-14-26-21(16-33-35(26)22-7-5-4-6-8-22)13-24(20)29(23)27(36)15-31(25,32)3/h14,16,22-25,27,29,36,38H,4-13,15,17H2,1-3H3. The molecule has 2 aromatic rings. The van der Waals surface area contributed by atoms with Gasteiger partial charge in [-0.15, -0.1) is 11.3 Å². The predicted molar refractivity (Wildman–Crippen MR) is 159 cm³/mol. The zero-order chi connectivity index (χ0) is 27.8. The number of aliphatic hydroxyl groups is 2. The van der Waals surface area contributed by atoms with Crippen molar-refractivity contribution in [2.75, 3.05) is 5.75 Å². The van der Waals surface area contributed by atoms with E-state index >= 15 is 0 Å². The number of aromatic nitrogens is 3. The minimum absolute atomic E-state index is 0.0903. The molecule has 8 heteroatoms. The Morgan fingerprint density at radius 2 is 2.00 bits per heavy atom. The third kappa shape index (κ3) is 4.14. The number of thioether (sulfide) groups is 1. The molecule has 0 aliphatic heterocycles. The van der Waals surface area contributed by atoms with Gasteiger partial charge in [0, 0.05) is 10.3 Å². The number of Topliss-reactive ketones (excluding diaryl/α,β-unsaturated/α-hetero) is 1. The molecule has 4 saturated carbocycles. The number of ketones is 1. The SMILES string of the molecule is Cc1nc(SCC(=O)C2(O)CCC3C4CCC5=Cc6c(cnn6C6CCCCC6)CC5C4C(O)CC32C)sc1C. The van der Waals surface area contributed by atoms with E-state index in [4.69, 9.17) is 5.10 Å². The van der Waals surface area contributed by atoms with Crippen LogP contribution in [0.5, 0.6) is 0 Å². The summed E-state index contributed by atoms with van der Waals surface area (Å²) >= 11 is 3.07. The summed E-state index contributed by atoms with van der Waals surface area (Å²) in [5.74, 6) is 1.27. The van der Waals surface area contributed by atoms with Crippen molar-refractivity contribution in [2.24, 2.45) is 29.1 Å². The fraction of sp³-hybridized carbons (Fsp3) is 0.719. The molecule has 4 fully saturated rings. The Morgan fingerprint density at radius 3 is 2.75 bits per heavy atom. The minimum atomic E-state index is -1.38. The quantitative estimate of drug-likeness (QED) is 0.402. The molecule has 216 valence electrons. The lowest BCUT2D eigenvalue weighted by Crippen LogP contribution is -2.60. The normalized spacial score (nSPS) is 37.3. The number of carbonyl (C=O) groups is 1. The van der Waals surface area contributed by atoms with Crippen molar-refractivity contribution < 1.29 is 15.0 Å². The lowest BCUT2D eigenvalue weighted by Gasteiger charge is -2.57. The Labute approximate surface area is 246 Å². The van der Waals surface area contributed by atoms with E-state index in [1.807, 2.05) is 6.92 Å². The van der Waals surface area contributed by atoms with Gasteiger partial charge in [-0.25, -0.2) is 4.98 Å². The molecule has 0 bridgehead atoms. The maximum absolute atomic E-state index is 13.7. The number of aliphatic hydroxyl groups excluding tert-OH is 1. The smallest absolute Gasteiger partial charge is 0.175 e. The number of hydrogen-bond acceptors (Lipinski definition) is 7. The summed E-state index contributed by atoms with van der Waals surface area (Å²) in [6.07, 6.45) is 15.3. The van der Waals surface area contributed by atoms with Crippen molar-refractivity contribution in [3.8, 4) is 0 Å². The van der Waals surface area contributed by atoms with Crippen LogP contribution in [0.25, 0.3) is 6.08 Å². The van der Waals surface area contributed by atoms with Crippen molar-refractivity contribution >= 4 is 35.0 Å². The van der Waals surface area contributed by atoms with Crippen LogP contribution in [0.4, 0.5) is 0 Å². The van der Waals surface area contributed by atoms with Gasteiger partial charge in [0.2, 0.25) is 0 Å². The van der Waals surface area contributed by atoms with Gasteiger partial charge in [-0.2, -0.15) is 5.10 Å². The first-order chi connectivity index (χ1) is 19.2. The van der Waals surface area contributed by atoms with E-state index < -0.39 is 17.1 Å². The molecule has 2 N–H and O–H groups in total. The number of fused-ring (bicyclic) bond motifs is 6. The summed E-state index contributed by atoms with van der Waals surface area (Å²) in [7, 11) is 0. The van der Waals surface area contributed by atoms with Gasteiger partial charge < -0.3 is 10.2 Å². The van der Waals surface area contributed by atoms with Gasteiger partial charge in [0.25, 0.3) is 0 Å². The Bertz CT molecular complexity index is 1320. The highest BCUT2D eigenvalue weighted by Gasteiger charge is 2.66. The second-order valence-corrected chi connectivity index (χ2v) is 16.1. The molecule has 2 heterocycles. The van der Waals surface area contributed by atoms with Crippen LogP contribution in [-0.4, -0.2) is 48.2 Å². The lowest BCUT2D eigenvalue weighted by atomic mass is 9.49. The molecule has 7 atom stereocenters. The molecule has 0 saturated heterocycles. The molecular weight excluding hydrogens is 539 g/mol. The second-order valence-electron chi connectivity index (χ2n) is 13.6. The van der Waals surface area contributed by atoms with Crippen LogP contribution >= 0.6 is 23.1 Å². The van der Waals surface area contributed by atoms with Crippen LogP contribution < -0.4 is 0 Å². The monoisotopic (exact) mass is 581 g/mol. The number of aryl methyl sites for hydroxylation is 2. The van der Waals surface area contributed by atoms with Crippen molar-refractivity contribution in [3.05, 3.63) is 33.6 Å². The molecule has 7 rings (SSSR count). The van der Waals surface area contributed by atoms with Crippen molar-refractivity contribution in [1.29, 1.82) is 0 Å². The predicted octanol–water partition coefficient (Wildman–Crippen LogP) is 6.32. The molecule has 0 amide bonds. The largest absolute Gasteiger partial charge is 0.393 e. The molecular formula is C32H43N3O3S2. The first-order valence-electron chi connectivity index (χ1n) is 15.5. The second kappa shape index (κ2) is 10.1. The number of carbonyl (C=O) groups excluding carboxylic acids is 1. The summed E-state index contributed by atoms with van der Waals surface area (Å²) in [6.45, 7) is 6.15. The van der Waals surface area contributed by atoms with Gasteiger partial charge in [0.15, 0.2) is 10.1 Å². The van der Waals surface area contributed by atoms with Gasteiger partial charge in [0.1, 0.15) is 5.60 Å². The van der Waals surface area contributed by atoms with Crippen LogP contribution in [0.3, 0.4) is 0 Å². The number of rotatable bonds is 5. The average molecular weight is 582 g/mol. The zero-order valence-corrected chi connectivity index (χ0v) is 25.7. The van der Waals surface area contributed by atoms with Crippen LogP contribution in [-0.2, 0) is 11.2 Å². The Morgan fingerprint density at radius 1 is 1.20 bits per heavy atom. The van der Waals surface area contributed by atoms with E-state index in [9.17, 15) is 15.0 Å². The first kappa shape index (κ1) is 27.4. The summed E-state index contributed by atoms with van der Waals surface area (Å²) in [5, 5.41) is 28.7. The number of hydrogen-bond donors (Lipinski definition) is 2. The fourth-order valence-corrected chi connectivity index (χ4v) is 11.7. The maximum atomic E-state index is 13.7. The van der Waals surface area contributed by atoms with E-state index in [2.05, 4.69) is 35.8 Å². The number of allylic oxidation sites excluding steroid dienone is 1. The fourth-order valence-electron chi connectivity index (χ4n) is 9.54. The van der Waals surface area contributed by atoms with Crippen molar-refractivity contribution in [3.63, 3.8) is 0 Å². The first-order valence-corrected chi connectivity index (χ1v) is 17.3. The molecule has 2 aromatic heterocycles. The van der Waals surface area contributed by atoms with E-state index in [-0.39, 0.29) is 23.4 Å². The average Bonchev–Trinajstić information content (AvgIpc) is 3.59. The Hall–Kier alpha value is -1.48. The van der Waals surface area contributed by atoms with E-state index in [1.165, 1.54) is 65.6 Å². The topological polar surface area (TPSA) is 88.2 Å². The van der Waals surface area contributed by atoms with Gasteiger partial charge in [-0.05, 0) is 101 Å². The van der Waals surface area contributed by atoms with Crippen LogP contribution in [0.2, 0.25) is 0 Å². The highest BCUT2D eigenvalue weighted by atomic mass is 32.2. The van der Waals surface area contributed by atoms with Crippen LogP contribution in [0.1, 0.15) is 99.0 Å². The van der Waals surface area contributed by atoms with E-state index in [0.29, 0.717) is 30.7 Å². The number of thiazole rings is 1. The highest BCUT2D eigenvalue weighted by Crippen LogP contribution is 2.65. The molecule has 6 nitrogen and oxygen atoms in total. The highest BCUT2D eigenvalue weighted by molar-refractivity contribution is 8.01. The molecule has 5 aliphatic rings. The lowest BCUT2D eigenvalue weighted by molar-refractivity contribution is -0.171. The molecule has 0 spiro atoms. The third-order valence-electron chi connectivity index (χ3n) is 11.8. The van der Waals surface area contributed by atoms with E-state index in [0.717, 1.165) is 35.7 Å². The van der Waals surface area contributed by atoms with Crippen molar-refractivity contribution in [1.82, 2.24) is 14.8 Å². The summed E-state index contributed by atoms with van der Waals surface area (Å²) in [6, 6.07) is 0.527. The van der Waals surface area contributed by atoms with Gasteiger partial charge in [0.05, 0.1) is 35.5 Å². The molecule has 7 unspecified atom stereocenters. The van der Waals surface area contributed by atoms with Gasteiger partial charge in [-0.3, -0.25) is 9.48 Å². The number of nitrogens with zero attached hydrogens (tertiary/aromatic N) is 3.